The van der Waals surface area contributed by atoms with Crippen molar-refractivity contribution >= 4 is 23.4 Å². The molecule has 1 fully saturated rings. The molecule has 1 aromatic carbocycles. The first-order valence-electron chi connectivity index (χ1n) is 6.54. The van der Waals surface area contributed by atoms with E-state index in [0.717, 1.165) is 24.9 Å². The van der Waals surface area contributed by atoms with Crippen molar-refractivity contribution in [3.05, 3.63) is 23.8 Å². The lowest BCUT2D eigenvalue weighted by Crippen LogP contribution is -2.42. The number of nitrogens with two attached hydrogens (primary N) is 1. The molecule has 1 amide bonds. The lowest BCUT2D eigenvalue weighted by Gasteiger charge is -2.31. The molecule has 3 rings (SSSR count). The molecule has 1 saturated carbocycles. The first-order chi connectivity index (χ1) is 8.72. The van der Waals surface area contributed by atoms with Crippen LogP contribution in [0.15, 0.2) is 23.1 Å². The Hall–Kier alpha value is -1.00. The number of anilines is 1. The van der Waals surface area contributed by atoms with Gasteiger partial charge in [-0.25, -0.2) is 0 Å². The first-order valence-corrected chi connectivity index (χ1v) is 7.53. The van der Waals surface area contributed by atoms with Crippen molar-refractivity contribution in [2.45, 2.75) is 36.6 Å². The lowest BCUT2D eigenvalue weighted by molar-refractivity contribution is -0.122. The van der Waals surface area contributed by atoms with Gasteiger partial charge in [-0.1, -0.05) is 0 Å². The van der Waals surface area contributed by atoms with Crippen molar-refractivity contribution in [1.82, 2.24) is 0 Å². The average Bonchev–Trinajstić information content (AvgIpc) is 2.35. The fourth-order valence-electron chi connectivity index (χ4n) is 2.56. The molecule has 1 aromatic rings. The van der Waals surface area contributed by atoms with Crippen LogP contribution in [0.25, 0.3) is 0 Å². The minimum absolute atomic E-state index is 0.116. The highest BCUT2D eigenvalue weighted by Crippen LogP contribution is 2.32. The highest BCUT2D eigenvalue weighted by Gasteiger charge is 2.31. The monoisotopic (exact) mass is 262 g/mol. The van der Waals surface area contributed by atoms with Crippen molar-refractivity contribution in [3.63, 3.8) is 0 Å². The largest absolute Gasteiger partial charge is 0.328 e. The van der Waals surface area contributed by atoms with Crippen LogP contribution in [0.3, 0.4) is 0 Å². The van der Waals surface area contributed by atoms with E-state index in [-0.39, 0.29) is 17.9 Å². The van der Waals surface area contributed by atoms with E-state index in [4.69, 9.17) is 5.73 Å². The van der Waals surface area contributed by atoms with E-state index in [9.17, 15) is 4.79 Å². The second-order valence-corrected chi connectivity index (χ2v) is 6.33. The molecule has 0 unspecified atom stereocenters. The Balaban J connectivity index is 1.67. The van der Waals surface area contributed by atoms with Gasteiger partial charge in [0.15, 0.2) is 0 Å². The second kappa shape index (κ2) is 4.94. The third-order valence-electron chi connectivity index (χ3n) is 3.72. The Morgan fingerprint density at radius 1 is 1.39 bits per heavy atom. The summed E-state index contributed by atoms with van der Waals surface area (Å²) in [4.78, 5) is 13.3. The van der Waals surface area contributed by atoms with Gasteiger partial charge >= 0.3 is 0 Å². The van der Waals surface area contributed by atoms with Crippen LogP contribution < -0.4 is 11.1 Å². The van der Waals surface area contributed by atoms with Crippen molar-refractivity contribution in [2.75, 3.05) is 11.1 Å². The third-order valence-corrected chi connectivity index (χ3v) is 4.92. The number of fused-ring (bicyclic) bond motifs is 1. The van der Waals surface area contributed by atoms with Crippen LogP contribution in [0.4, 0.5) is 5.69 Å². The highest BCUT2D eigenvalue weighted by atomic mass is 32.2. The number of thioether (sulfide) groups is 1. The Morgan fingerprint density at radius 2 is 2.22 bits per heavy atom. The van der Waals surface area contributed by atoms with Gasteiger partial charge in [-0.3, -0.25) is 4.79 Å². The number of carbonyl (C=O) groups excluding carboxylic acids is 1. The topological polar surface area (TPSA) is 55.1 Å². The molecule has 0 spiro atoms. The van der Waals surface area contributed by atoms with E-state index < -0.39 is 0 Å². The van der Waals surface area contributed by atoms with Crippen LogP contribution in [0.2, 0.25) is 0 Å². The molecule has 1 aliphatic carbocycles. The zero-order valence-electron chi connectivity index (χ0n) is 10.3. The second-order valence-electron chi connectivity index (χ2n) is 5.19. The van der Waals surface area contributed by atoms with Crippen LogP contribution in [0.5, 0.6) is 0 Å². The Morgan fingerprint density at radius 3 is 3.00 bits per heavy atom. The van der Waals surface area contributed by atoms with Crippen LogP contribution in [0.1, 0.15) is 24.8 Å². The molecular formula is C14H18N2OS. The van der Waals surface area contributed by atoms with E-state index in [2.05, 4.69) is 17.4 Å². The Labute approximate surface area is 112 Å². The number of hydrogen-bond donors (Lipinski definition) is 2. The minimum atomic E-state index is 0.116. The lowest BCUT2D eigenvalue weighted by atomic mass is 9.80. The molecular weight excluding hydrogens is 244 g/mol. The zero-order valence-corrected chi connectivity index (χ0v) is 11.1. The Kier molecular flexibility index (Phi) is 3.31. The highest BCUT2D eigenvalue weighted by molar-refractivity contribution is 7.99. The molecule has 0 radical (unpaired) electrons. The van der Waals surface area contributed by atoms with Crippen molar-refractivity contribution < 1.29 is 4.79 Å². The van der Waals surface area contributed by atoms with E-state index in [1.165, 1.54) is 22.6 Å². The van der Waals surface area contributed by atoms with Gasteiger partial charge in [0.1, 0.15) is 0 Å². The predicted octanol–water partition coefficient (Wildman–Crippen LogP) is 2.40. The number of hydrogen-bond acceptors (Lipinski definition) is 3. The van der Waals surface area contributed by atoms with Crippen LogP contribution in [-0.4, -0.2) is 17.7 Å². The molecule has 96 valence electrons. The van der Waals surface area contributed by atoms with E-state index in [1.807, 2.05) is 17.8 Å². The third kappa shape index (κ3) is 2.40. The summed E-state index contributed by atoms with van der Waals surface area (Å²) in [6.45, 7) is 0. The number of carbonyl (C=O) groups is 1. The number of benzene rings is 1. The van der Waals surface area contributed by atoms with E-state index >= 15 is 0 Å². The summed E-state index contributed by atoms with van der Waals surface area (Å²) in [6.07, 6.45) is 4.01. The molecule has 0 bridgehead atoms. The van der Waals surface area contributed by atoms with Gasteiger partial charge in [-0.2, -0.15) is 0 Å². The van der Waals surface area contributed by atoms with Gasteiger partial charge in [0.2, 0.25) is 5.91 Å². The summed E-state index contributed by atoms with van der Waals surface area (Å²) in [5.74, 6) is 1.45. The summed E-state index contributed by atoms with van der Waals surface area (Å²) in [6, 6.07) is 6.48. The fraction of sp³-hybridized carbons (Fsp3) is 0.500. The predicted molar refractivity (Wildman–Crippen MR) is 74.8 cm³/mol. The molecule has 4 heteroatoms. The quantitative estimate of drug-likeness (QED) is 0.860. The van der Waals surface area contributed by atoms with Gasteiger partial charge < -0.3 is 11.1 Å². The molecule has 0 atom stereocenters. The maximum atomic E-state index is 11.9. The summed E-state index contributed by atoms with van der Waals surface area (Å²) >= 11 is 1.91. The standard InChI is InChI=1S/C14H18N2OS/c15-11-6-10(7-11)14(17)16-12-3-4-13-9(8-12)2-1-5-18-13/h3-4,8,10-11H,1-2,5-7,15H2,(H,16,17). The fourth-order valence-corrected chi connectivity index (χ4v) is 3.58. The summed E-state index contributed by atoms with van der Waals surface area (Å²) in [5, 5.41) is 3.01. The molecule has 18 heavy (non-hydrogen) atoms. The summed E-state index contributed by atoms with van der Waals surface area (Å²) in [7, 11) is 0. The SMILES string of the molecule is NC1CC(C(=O)Nc2ccc3c(c2)CCCS3)C1. The van der Waals surface area contributed by atoms with Gasteiger partial charge in [-0.15, -0.1) is 11.8 Å². The normalized spacial score (nSPS) is 26.1. The number of amides is 1. The summed E-state index contributed by atoms with van der Waals surface area (Å²) < 4.78 is 0. The van der Waals surface area contributed by atoms with E-state index in [1.54, 1.807) is 0 Å². The van der Waals surface area contributed by atoms with Crippen LogP contribution >= 0.6 is 11.8 Å². The number of aryl methyl sites for hydroxylation is 1. The van der Waals surface area contributed by atoms with Crippen molar-refractivity contribution in [3.8, 4) is 0 Å². The van der Waals surface area contributed by atoms with Crippen molar-refractivity contribution in [1.29, 1.82) is 0 Å². The smallest absolute Gasteiger partial charge is 0.227 e. The van der Waals surface area contributed by atoms with Crippen molar-refractivity contribution in [2.24, 2.45) is 11.7 Å². The average molecular weight is 262 g/mol. The molecule has 1 aliphatic heterocycles. The van der Waals surface area contributed by atoms with E-state index in [0.29, 0.717) is 0 Å². The van der Waals surface area contributed by atoms with Gasteiger partial charge in [0.25, 0.3) is 0 Å². The van der Waals surface area contributed by atoms with Crippen LogP contribution in [0, 0.1) is 5.92 Å². The Bertz CT molecular complexity index is 469. The van der Waals surface area contributed by atoms with Gasteiger partial charge in [0, 0.05) is 22.5 Å². The molecule has 3 N–H and O–H groups in total. The summed E-state index contributed by atoms with van der Waals surface area (Å²) in [5.41, 5.74) is 8.01. The number of nitrogens with one attached hydrogen (secondary N) is 1. The van der Waals surface area contributed by atoms with Gasteiger partial charge in [-0.05, 0) is 55.2 Å². The van der Waals surface area contributed by atoms with Gasteiger partial charge in [0.05, 0.1) is 0 Å². The first kappa shape index (κ1) is 12.1. The minimum Gasteiger partial charge on any atom is -0.328 e. The molecule has 0 aromatic heterocycles. The molecule has 0 saturated heterocycles. The maximum Gasteiger partial charge on any atom is 0.227 e. The molecule has 2 aliphatic rings. The van der Waals surface area contributed by atoms with Crippen LogP contribution in [-0.2, 0) is 11.2 Å². The number of rotatable bonds is 2. The molecule has 3 nitrogen and oxygen atoms in total. The molecule has 1 heterocycles. The maximum absolute atomic E-state index is 11.9. The zero-order chi connectivity index (χ0) is 12.5.